The van der Waals surface area contributed by atoms with Crippen LogP contribution in [-0.2, 0) is 6.54 Å². The van der Waals surface area contributed by atoms with Crippen LogP contribution in [-0.4, -0.2) is 33.3 Å². The fraction of sp³-hybridized carbons (Fsp3) is 0.353. The number of methoxy groups -OCH3 is 1. The molecule has 1 aromatic heterocycles. The lowest BCUT2D eigenvalue weighted by Gasteiger charge is -2.11. The zero-order chi connectivity index (χ0) is 16.3. The minimum absolute atomic E-state index is 0.604. The predicted molar refractivity (Wildman–Crippen MR) is 90.0 cm³/mol. The number of ether oxygens (including phenoxy) is 2. The van der Waals surface area contributed by atoms with Gasteiger partial charge in [0.15, 0.2) is 5.96 Å². The van der Waals surface area contributed by atoms with Crippen LogP contribution < -0.4 is 20.1 Å². The number of benzene rings is 1. The van der Waals surface area contributed by atoms with Gasteiger partial charge in [0.05, 0.1) is 26.5 Å². The largest absolute Gasteiger partial charge is 0.497 e. The summed E-state index contributed by atoms with van der Waals surface area (Å²) in [5.74, 6) is 3.21. The molecule has 0 saturated carbocycles. The third-order valence-electron chi connectivity index (χ3n) is 3.16. The van der Waals surface area contributed by atoms with E-state index in [1.54, 1.807) is 20.4 Å². The van der Waals surface area contributed by atoms with Crippen molar-refractivity contribution in [3.63, 3.8) is 0 Å². The van der Waals surface area contributed by atoms with Crippen molar-refractivity contribution < 1.29 is 13.9 Å². The first-order valence-electron chi connectivity index (χ1n) is 7.55. The second-order valence-corrected chi connectivity index (χ2v) is 4.81. The van der Waals surface area contributed by atoms with Crippen LogP contribution in [0.2, 0.25) is 0 Å². The summed E-state index contributed by atoms with van der Waals surface area (Å²) in [7, 11) is 3.38. The van der Waals surface area contributed by atoms with E-state index in [2.05, 4.69) is 15.6 Å². The molecule has 0 aliphatic carbocycles. The van der Waals surface area contributed by atoms with Gasteiger partial charge in [0.25, 0.3) is 0 Å². The van der Waals surface area contributed by atoms with Crippen molar-refractivity contribution in [2.75, 3.05) is 27.3 Å². The van der Waals surface area contributed by atoms with Crippen molar-refractivity contribution in [2.45, 2.75) is 13.0 Å². The maximum atomic E-state index is 5.69. The van der Waals surface area contributed by atoms with E-state index in [4.69, 9.17) is 13.9 Å². The van der Waals surface area contributed by atoms with E-state index in [9.17, 15) is 0 Å². The molecule has 0 radical (unpaired) electrons. The summed E-state index contributed by atoms with van der Waals surface area (Å²) in [5, 5.41) is 6.42. The Hall–Kier alpha value is -2.63. The van der Waals surface area contributed by atoms with Crippen LogP contribution in [0.3, 0.4) is 0 Å². The Bertz CT molecular complexity index is 597. The first-order chi connectivity index (χ1) is 11.3. The molecule has 0 unspecified atom stereocenters. The molecule has 6 nitrogen and oxygen atoms in total. The smallest absolute Gasteiger partial charge is 0.191 e. The Labute approximate surface area is 136 Å². The van der Waals surface area contributed by atoms with Crippen molar-refractivity contribution in [2.24, 2.45) is 4.99 Å². The molecule has 0 atom stereocenters. The molecule has 0 aliphatic heterocycles. The number of nitrogens with zero attached hydrogens (tertiary/aromatic N) is 1. The van der Waals surface area contributed by atoms with Crippen LogP contribution in [0, 0.1) is 0 Å². The molecular formula is C17H23N3O3. The van der Waals surface area contributed by atoms with Crippen molar-refractivity contribution >= 4 is 5.96 Å². The van der Waals surface area contributed by atoms with Gasteiger partial charge in [-0.05, 0) is 30.7 Å². The summed E-state index contributed by atoms with van der Waals surface area (Å²) in [6, 6.07) is 11.4. The number of furan rings is 1. The fourth-order valence-corrected chi connectivity index (χ4v) is 1.96. The summed E-state index contributed by atoms with van der Waals surface area (Å²) in [6.45, 7) is 1.99. The molecule has 0 spiro atoms. The van der Waals surface area contributed by atoms with Gasteiger partial charge in [0, 0.05) is 19.7 Å². The van der Waals surface area contributed by atoms with E-state index in [0.29, 0.717) is 13.2 Å². The molecule has 2 rings (SSSR count). The number of nitrogens with one attached hydrogen (secondary N) is 2. The van der Waals surface area contributed by atoms with Gasteiger partial charge in [0.2, 0.25) is 0 Å². The summed E-state index contributed by atoms with van der Waals surface area (Å²) in [6.07, 6.45) is 2.52. The summed E-state index contributed by atoms with van der Waals surface area (Å²) in [5.41, 5.74) is 0. The Morgan fingerprint density at radius 3 is 2.78 bits per heavy atom. The van der Waals surface area contributed by atoms with Gasteiger partial charge in [-0.1, -0.05) is 6.07 Å². The molecule has 0 aliphatic rings. The van der Waals surface area contributed by atoms with Crippen LogP contribution in [0.4, 0.5) is 0 Å². The summed E-state index contributed by atoms with van der Waals surface area (Å²) in [4.78, 5) is 4.16. The van der Waals surface area contributed by atoms with Gasteiger partial charge in [-0.15, -0.1) is 0 Å². The van der Waals surface area contributed by atoms with Gasteiger partial charge in [-0.2, -0.15) is 0 Å². The first-order valence-corrected chi connectivity index (χ1v) is 7.55. The molecule has 1 aromatic carbocycles. The van der Waals surface area contributed by atoms with Gasteiger partial charge in [-0.25, -0.2) is 0 Å². The van der Waals surface area contributed by atoms with E-state index in [1.807, 2.05) is 36.4 Å². The molecule has 2 aromatic rings. The lowest BCUT2D eigenvalue weighted by atomic mass is 10.3. The number of aliphatic imine (C=N–C) groups is 1. The van der Waals surface area contributed by atoms with Gasteiger partial charge in [-0.3, -0.25) is 4.99 Å². The molecule has 0 amide bonds. The second kappa shape index (κ2) is 9.40. The number of hydrogen-bond acceptors (Lipinski definition) is 4. The third-order valence-corrected chi connectivity index (χ3v) is 3.16. The predicted octanol–water partition coefficient (Wildman–Crippen LogP) is 2.42. The first kappa shape index (κ1) is 16.7. The van der Waals surface area contributed by atoms with Crippen molar-refractivity contribution in [1.82, 2.24) is 10.6 Å². The third kappa shape index (κ3) is 5.94. The SMILES string of the molecule is CN=C(NCCCOc1cccc(OC)c1)NCc1ccco1. The zero-order valence-corrected chi connectivity index (χ0v) is 13.5. The zero-order valence-electron chi connectivity index (χ0n) is 13.5. The summed E-state index contributed by atoms with van der Waals surface area (Å²) < 4.78 is 16.1. The quantitative estimate of drug-likeness (QED) is 0.445. The molecule has 23 heavy (non-hydrogen) atoms. The van der Waals surface area contributed by atoms with Crippen LogP contribution >= 0.6 is 0 Å². The summed E-state index contributed by atoms with van der Waals surface area (Å²) >= 11 is 0. The van der Waals surface area contributed by atoms with Crippen molar-refractivity contribution in [3.05, 3.63) is 48.4 Å². The number of hydrogen-bond donors (Lipinski definition) is 2. The molecule has 0 bridgehead atoms. The van der Waals surface area contributed by atoms with Crippen molar-refractivity contribution in [1.29, 1.82) is 0 Å². The van der Waals surface area contributed by atoms with E-state index in [-0.39, 0.29) is 0 Å². The van der Waals surface area contributed by atoms with Crippen LogP contribution in [0.1, 0.15) is 12.2 Å². The van der Waals surface area contributed by atoms with E-state index < -0.39 is 0 Å². The Morgan fingerprint density at radius 1 is 1.17 bits per heavy atom. The topological polar surface area (TPSA) is 68.0 Å². The van der Waals surface area contributed by atoms with Gasteiger partial charge >= 0.3 is 0 Å². The maximum absolute atomic E-state index is 5.69. The number of guanidine groups is 1. The molecular weight excluding hydrogens is 294 g/mol. The molecule has 124 valence electrons. The fourth-order valence-electron chi connectivity index (χ4n) is 1.96. The highest BCUT2D eigenvalue weighted by Crippen LogP contribution is 2.18. The molecule has 2 N–H and O–H groups in total. The highest BCUT2D eigenvalue weighted by Gasteiger charge is 2.00. The monoisotopic (exact) mass is 317 g/mol. The Morgan fingerprint density at radius 2 is 2.04 bits per heavy atom. The maximum Gasteiger partial charge on any atom is 0.191 e. The average molecular weight is 317 g/mol. The molecule has 0 saturated heterocycles. The average Bonchev–Trinajstić information content (AvgIpc) is 3.11. The Balaban J connectivity index is 1.61. The normalized spacial score (nSPS) is 11.1. The molecule has 6 heteroatoms. The minimum atomic E-state index is 0.604. The van der Waals surface area contributed by atoms with Gasteiger partial charge < -0.3 is 24.5 Å². The Kier molecular flexibility index (Phi) is 6.84. The van der Waals surface area contributed by atoms with Crippen molar-refractivity contribution in [3.8, 4) is 11.5 Å². The number of rotatable bonds is 8. The van der Waals surface area contributed by atoms with E-state index >= 15 is 0 Å². The highest BCUT2D eigenvalue weighted by atomic mass is 16.5. The molecule has 1 heterocycles. The lowest BCUT2D eigenvalue weighted by molar-refractivity contribution is 0.308. The van der Waals surface area contributed by atoms with Crippen LogP contribution in [0.15, 0.2) is 52.1 Å². The van der Waals surface area contributed by atoms with E-state index in [1.165, 1.54) is 0 Å². The second-order valence-electron chi connectivity index (χ2n) is 4.81. The van der Waals surface area contributed by atoms with Crippen LogP contribution in [0.5, 0.6) is 11.5 Å². The van der Waals surface area contributed by atoms with Crippen LogP contribution in [0.25, 0.3) is 0 Å². The minimum Gasteiger partial charge on any atom is -0.497 e. The lowest BCUT2D eigenvalue weighted by Crippen LogP contribution is -2.37. The standard InChI is InChI=1S/C17H23N3O3/c1-18-17(20-13-16-8-4-10-23-16)19-9-5-11-22-15-7-3-6-14(12-15)21-2/h3-4,6-8,10,12H,5,9,11,13H2,1-2H3,(H2,18,19,20). The molecule has 0 fully saturated rings. The highest BCUT2D eigenvalue weighted by molar-refractivity contribution is 5.79. The van der Waals surface area contributed by atoms with E-state index in [0.717, 1.165) is 36.2 Å². The van der Waals surface area contributed by atoms with Gasteiger partial charge in [0.1, 0.15) is 17.3 Å².